The number of carboxylic acids is 1. The third kappa shape index (κ3) is 2.52. The number of hydrogen-bond acceptors (Lipinski definition) is 3. The maximum Gasteiger partial charge on any atom is 0.308 e. The summed E-state index contributed by atoms with van der Waals surface area (Å²) in [5.74, 6) is -1.47. The first-order valence-corrected chi connectivity index (χ1v) is 6.90. The average molecular weight is 300 g/mol. The van der Waals surface area contributed by atoms with Gasteiger partial charge in [-0.3, -0.25) is 14.3 Å². The minimum atomic E-state index is -0.852. The van der Waals surface area contributed by atoms with Crippen molar-refractivity contribution < 1.29 is 14.7 Å². The van der Waals surface area contributed by atoms with Gasteiger partial charge >= 0.3 is 5.97 Å². The Morgan fingerprint density at radius 3 is 2.50 bits per heavy atom. The molecule has 0 aromatic carbocycles. The fourth-order valence-electron chi connectivity index (χ4n) is 2.73. The molecule has 6 nitrogen and oxygen atoms in total. The van der Waals surface area contributed by atoms with Gasteiger partial charge in [-0.1, -0.05) is 25.4 Å². The molecule has 110 valence electrons. The van der Waals surface area contributed by atoms with Gasteiger partial charge in [0.2, 0.25) is 0 Å². The number of rotatable bonds is 3. The van der Waals surface area contributed by atoms with E-state index in [4.69, 9.17) is 11.6 Å². The zero-order valence-corrected chi connectivity index (χ0v) is 12.5. The van der Waals surface area contributed by atoms with Crippen molar-refractivity contribution in [2.75, 3.05) is 13.1 Å². The van der Waals surface area contributed by atoms with Gasteiger partial charge < -0.3 is 10.0 Å². The minimum absolute atomic E-state index is 0.0385. The van der Waals surface area contributed by atoms with Crippen LogP contribution in [0.1, 0.15) is 24.3 Å². The molecule has 1 aromatic heterocycles. The number of aliphatic carboxylic acids is 1. The van der Waals surface area contributed by atoms with Gasteiger partial charge in [-0.2, -0.15) is 5.10 Å². The highest BCUT2D eigenvalue weighted by atomic mass is 35.5. The van der Waals surface area contributed by atoms with E-state index in [0.717, 1.165) is 0 Å². The Labute approximate surface area is 122 Å². The minimum Gasteiger partial charge on any atom is -0.481 e. The van der Waals surface area contributed by atoms with Crippen molar-refractivity contribution in [3.63, 3.8) is 0 Å². The highest BCUT2D eigenvalue weighted by Crippen LogP contribution is 2.31. The smallest absolute Gasteiger partial charge is 0.308 e. The molecule has 1 fully saturated rings. The van der Waals surface area contributed by atoms with E-state index in [0.29, 0.717) is 12.2 Å². The molecule has 0 aliphatic carbocycles. The van der Waals surface area contributed by atoms with E-state index in [1.165, 1.54) is 10.9 Å². The molecule has 0 spiro atoms. The molecule has 20 heavy (non-hydrogen) atoms. The Kier molecular flexibility index (Phi) is 4.04. The van der Waals surface area contributed by atoms with Crippen LogP contribution in [0.3, 0.4) is 0 Å². The summed E-state index contributed by atoms with van der Waals surface area (Å²) in [5, 5.41) is 13.5. The Morgan fingerprint density at radius 1 is 1.45 bits per heavy atom. The largest absolute Gasteiger partial charge is 0.481 e. The van der Waals surface area contributed by atoms with Crippen molar-refractivity contribution >= 4 is 23.5 Å². The Balaban J connectivity index is 2.23. The molecule has 2 heterocycles. The Hall–Kier alpha value is -1.56. The number of halogens is 1. The number of hydrogen-bond donors (Lipinski definition) is 1. The van der Waals surface area contributed by atoms with Crippen LogP contribution in [0.5, 0.6) is 0 Å². The lowest BCUT2D eigenvalue weighted by atomic mass is 9.86. The lowest BCUT2D eigenvalue weighted by molar-refractivity contribution is -0.142. The second kappa shape index (κ2) is 5.44. The quantitative estimate of drug-likeness (QED) is 0.918. The summed E-state index contributed by atoms with van der Waals surface area (Å²) in [6.07, 6.45) is 1.42. The summed E-state index contributed by atoms with van der Waals surface area (Å²) in [6, 6.07) is 0. The Bertz CT molecular complexity index is 521. The van der Waals surface area contributed by atoms with E-state index in [2.05, 4.69) is 5.10 Å². The maximum absolute atomic E-state index is 12.5. The summed E-state index contributed by atoms with van der Waals surface area (Å²) >= 11 is 5.97. The van der Waals surface area contributed by atoms with Crippen molar-refractivity contribution in [2.24, 2.45) is 24.8 Å². The van der Waals surface area contributed by atoms with Crippen molar-refractivity contribution in [1.29, 1.82) is 0 Å². The molecule has 0 unspecified atom stereocenters. The molecular weight excluding hydrogens is 282 g/mol. The van der Waals surface area contributed by atoms with Gasteiger partial charge in [0.15, 0.2) is 0 Å². The summed E-state index contributed by atoms with van der Waals surface area (Å²) in [6.45, 7) is 4.62. The number of carboxylic acid groups (broad SMARTS) is 1. The van der Waals surface area contributed by atoms with Crippen molar-refractivity contribution in [1.82, 2.24) is 14.7 Å². The summed E-state index contributed by atoms with van der Waals surface area (Å²) in [4.78, 5) is 25.4. The number of likely N-dealkylation sites (tertiary alicyclic amines) is 1. The molecule has 7 heteroatoms. The highest BCUT2D eigenvalue weighted by Gasteiger charge is 2.41. The summed E-state index contributed by atoms with van der Waals surface area (Å²) in [5.41, 5.74) is 0.306. The van der Waals surface area contributed by atoms with Crippen LogP contribution < -0.4 is 0 Å². The van der Waals surface area contributed by atoms with Crippen LogP contribution >= 0.6 is 11.6 Å². The third-order valence-electron chi connectivity index (χ3n) is 3.92. The highest BCUT2D eigenvalue weighted by molar-refractivity contribution is 6.33. The molecule has 1 amide bonds. The molecule has 0 radical (unpaired) electrons. The standard InChI is InChI=1S/C13H18ClN3O3/c1-7(2)8-5-17(6-9(8)13(19)20)12(18)11-10(14)4-15-16(11)3/h4,7-9H,5-6H2,1-3H3,(H,19,20)/t8-,9+/m1/s1. The third-order valence-corrected chi connectivity index (χ3v) is 4.20. The van der Waals surface area contributed by atoms with E-state index in [9.17, 15) is 14.7 Å². The van der Waals surface area contributed by atoms with Crippen LogP contribution in [0.4, 0.5) is 0 Å². The molecule has 1 aliphatic heterocycles. The van der Waals surface area contributed by atoms with Gasteiger partial charge in [-0.15, -0.1) is 0 Å². The predicted octanol–water partition coefficient (Wildman–Crippen LogP) is 1.50. The number of nitrogens with zero attached hydrogens (tertiary/aromatic N) is 3. The van der Waals surface area contributed by atoms with Crippen LogP contribution in [-0.2, 0) is 11.8 Å². The summed E-state index contributed by atoms with van der Waals surface area (Å²) < 4.78 is 1.42. The van der Waals surface area contributed by atoms with Crippen molar-refractivity contribution in [3.05, 3.63) is 16.9 Å². The zero-order chi connectivity index (χ0) is 15.0. The van der Waals surface area contributed by atoms with Gasteiger partial charge in [0.25, 0.3) is 5.91 Å². The molecule has 1 N–H and O–H groups in total. The van der Waals surface area contributed by atoms with E-state index < -0.39 is 11.9 Å². The lowest BCUT2D eigenvalue weighted by Crippen LogP contribution is -2.31. The monoisotopic (exact) mass is 299 g/mol. The molecule has 0 bridgehead atoms. The molecule has 2 atom stereocenters. The number of aryl methyl sites for hydroxylation is 1. The average Bonchev–Trinajstić information content (AvgIpc) is 2.93. The molecule has 1 saturated heterocycles. The van der Waals surface area contributed by atoms with Gasteiger partial charge in [0.05, 0.1) is 17.1 Å². The van der Waals surface area contributed by atoms with Gasteiger partial charge in [-0.25, -0.2) is 0 Å². The molecule has 0 saturated carbocycles. The topological polar surface area (TPSA) is 75.4 Å². The first-order valence-electron chi connectivity index (χ1n) is 6.52. The van der Waals surface area contributed by atoms with E-state index in [-0.39, 0.29) is 29.3 Å². The number of carbonyl (C=O) groups excluding carboxylic acids is 1. The van der Waals surface area contributed by atoms with Crippen LogP contribution in [0.15, 0.2) is 6.20 Å². The van der Waals surface area contributed by atoms with Gasteiger partial charge in [0.1, 0.15) is 5.69 Å². The van der Waals surface area contributed by atoms with Crippen molar-refractivity contribution in [3.8, 4) is 0 Å². The first-order chi connectivity index (χ1) is 9.32. The van der Waals surface area contributed by atoms with Crippen molar-refractivity contribution in [2.45, 2.75) is 13.8 Å². The summed E-state index contributed by atoms with van der Waals surface area (Å²) in [7, 11) is 1.64. The maximum atomic E-state index is 12.5. The molecule has 1 aliphatic rings. The second-order valence-corrected chi connectivity index (χ2v) is 5.93. The zero-order valence-electron chi connectivity index (χ0n) is 11.7. The van der Waals surface area contributed by atoms with Crippen LogP contribution in [0, 0.1) is 17.8 Å². The molecule has 1 aromatic rings. The molecular formula is C13H18ClN3O3. The first kappa shape index (κ1) is 14.8. The predicted molar refractivity (Wildman–Crippen MR) is 73.6 cm³/mol. The fourth-order valence-corrected chi connectivity index (χ4v) is 2.98. The van der Waals surface area contributed by atoms with Gasteiger partial charge in [-0.05, 0) is 11.8 Å². The van der Waals surface area contributed by atoms with E-state index >= 15 is 0 Å². The van der Waals surface area contributed by atoms with Crippen LogP contribution in [-0.4, -0.2) is 44.8 Å². The van der Waals surface area contributed by atoms with Gasteiger partial charge in [0, 0.05) is 20.1 Å². The second-order valence-electron chi connectivity index (χ2n) is 5.53. The fraction of sp³-hybridized carbons (Fsp3) is 0.615. The van der Waals surface area contributed by atoms with E-state index in [1.807, 2.05) is 13.8 Å². The van der Waals surface area contributed by atoms with E-state index in [1.54, 1.807) is 11.9 Å². The Morgan fingerprint density at radius 2 is 2.10 bits per heavy atom. The number of carbonyl (C=O) groups is 2. The SMILES string of the molecule is CC(C)[C@H]1CN(C(=O)c2c(Cl)cnn2C)C[C@@H]1C(=O)O. The number of amides is 1. The number of aromatic nitrogens is 2. The lowest BCUT2D eigenvalue weighted by Gasteiger charge is -2.18. The van der Waals surface area contributed by atoms with Crippen LogP contribution in [0.25, 0.3) is 0 Å². The molecule has 2 rings (SSSR count). The van der Waals surface area contributed by atoms with Crippen LogP contribution in [0.2, 0.25) is 5.02 Å². The normalized spacial score (nSPS) is 22.6.